The zero-order chi connectivity index (χ0) is 25.6. The molecule has 5 aromatic rings. The summed E-state index contributed by atoms with van der Waals surface area (Å²) in [5.74, 6) is -0.363. The number of aryl methyl sites for hydroxylation is 2. The third-order valence-electron chi connectivity index (χ3n) is 6.43. The summed E-state index contributed by atoms with van der Waals surface area (Å²) >= 11 is 0. The fraction of sp³-hybridized carbons (Fsp3) is 0.269. The molecule has 0 unspecified atom stereocenters. The molecule has 6 rings (SSSR count). The Bertz CT molecular complexity index is 1620. The van der Waals surface area contributed by atoms with Crippen LogP contribution in [0.3, 0.4) is 0 Å². The Kier molecular flexibility index (Phi) is 5.54. The van der Waals surface area contributed by atoms with E-state index in [9.17, 15) is 8.78 Å². The second kappa shape index (κ2) is 8.91. The lowest BCUT2D eigenvalue weighted by Crippen LogP contribution is -2.43. The van der Waals surface area contributed by atoms with Crippen LogP contribution in [0.2, 0.25) is 0 Å². The van der Waals surface area contributed by atoms with Crippen molar-refractivity contribution < 1.29 is 13.5 Å². The van der Waals surface area contributed by atoms with Gasteiger partial charge in [0.15, 0.2) is 5.82 Å². The van der Waals surface area contributed by atoms with Crippen LogP contribution < -0.4 is 15.0 Å². The number of ether oxygens (including phenoxy) is 1. The van der Waals surface area contributed by atoms with Crippen molar-refractivity contribution in [1.29, 1.82) is 0 Å². The van der Waals surface area contributed by atoms with Gasteiger partial charge >= 0.3 is 0 Å². The summed E-state index contributed by atoms with van der Waals surface area (Å²) < 4.78 is 35.8. The molecule has 0 radical (unpaired) electrons. The van der Waals surface area contributed by atoms with Gasteiger partial charge in [0.2, 0.25) is 0 Å². The molecule has 0 atom stereocenters. The Morgan fingerprint density at radius 2 is 1.92 bits per heavy atom. The molecule has 37 heavy (non-hydrogen) atoms. The molecule has 0 saturated carbocycles. The highest BCUT2D eigenvalue weighted by Gasteiger charge is 2.35. The summed E-state index contributed by atoms with van der Waals surface area (Å²) in [5.41, 5.74) is 4.51. The second-order valence-corrected chi connectivity index (χ2v) is 9.21. The van der Waals surface area contributed by atoms with Crippen LogP contribution in [0, 0.1) is 6.92 Å². The first-order valence-corrected chi connectivity index (χ1v) is 11.9. The molecular formula is C26H24F2N8O. The van der Waals surface area contributed by atoms with Gasteiger partial charge in [-0.05, 0) is 61.4 Å². The predicted molar refractivity (Wildman–Crippen MR) is 137 cm³/mol. The van der Waals surface area contributed by atoms with Crippen LogP contribution in [-0.4, -0.2) is 49.0 Å². The quantitative estimate of drug-likeness (QED) is 0.342. The molecule has 1 aliphatic heterocycles. The number of fused-ring (bicyclic) bond motifs is 2. The third-order valence-corrected chi connectivity index (χ3v) is 6.43. The molecule has 1 saturated heterocycles. The maximum absolute atomic E-state index is 14.0. The number of piperidine rings is 1. The molecule has 0 spiro atoms. The Hall–Kier alpha value is -4.41. The highest BCUT2D eigenvalue weighted by molar-refractivity contribution is 5.88. The molecule has 4 heterocycles. The number of pyridine rings is 1. The smallest absolute Gasteiger partial charge is 0.265 e. The van der Waals surface area contributed by atoms with E-state index < -0.39 is 5.92 Å². The number of hydrogen-bond donors (Lipinski definition) is 1. The summed E-state index contributed by atoms with van der Waals surface area (Å²) in [6, 6.07) is 14.9. The van der Waals surface area contributed by atoms with E-state index in [-0.39, 0.29) is 13.0 Å². The third kappa shape index (κ3) is 4.59. The van der Waals surface area contributed by atoms with E-state index in [1.165, 1.54) is 6.33 Å². The van der Waals surface area contributed by atoms with Gasteiger partial charge < -0.3 is 15.0 Å². The van der Waals surface area contributed by atoms with Crippen LogP contribution in [-0.2, 0) is 7.05 Å². The number of anilines is 3. The van der Waals surface area contributed by atoms with Crippen molar-refractivity contribution in [3.63, 3.8) is 0 Å². The number of nitrogens with one attached hydrogen (secondary N) is 1. The SMILES string of the molecule is Cc1cc(Nc2ncnc3ccc(N4CCCC(F)(F)C4)nc23)ccc1Oc1ccc2c(c1)nnn2C. The first kappa shape index (κ1) is 23.0. The standard InChI is InChI=1S/C26H24F2N8O/c1-16-12-17(4-8-22(16)37-18-5-7-21-20(13-18)33-34-35(21)2)31-25-24-19(29-15-30-25)6-9-23(32-24)36-11-3-10-26(27,28)14-36/h4-9,12-13,15H,3,10-11,14H2,1-2H3,(H,29,30,31). The zero-order valence-electron chi connectivity index (χ0n) is 20.3. The summed E-state index contributed by atoms with van der Waals surface area (Å²) in [5, 5.41) is 11.5. The van der Waals surface area contributed by atoms with E-state index >= 15 is 0 Å². The van der Waals surface area contributed by atoms with Gasteiger partial charge in [0, 0.05) is 31.8 Å². The lowest BCUT2D eigenvalue weighted by atomic mass is 10.1. The highest BCUT2D eigenvalue weighted by atomic mass is 19.3. The number of aromatic nitrogens is 6. The van der Waals surface area contributed by atoms with Gasteiger partial charge in [-0.3, -0.25) is 0 Å². The van der Waals surface area contributed by atoms with Crippen molar-refractivity contribution >= 4 is 39.4 Å². The molecular weight excluding hydrogens is 478 g/mol. The molecule has 2 aromatic carbocycles. The second-order valence-electron chi connectivity index (χ2n) is 9.21. The van der Waals surface area contributed by atoms with E-state index in [1.807, 2.05) is 50.4 Å². The largest absolute Gasteiger partial charge is 0.457 e. The molecule has 1 aliphatic rings. The number of halogens is 2. The molecule has 188 valence electrons. The Morgan fingerprint density at radius 3 is 2.76 bits per heavy atom. The van der Waals surface area contributed by atoms with Gasteiger partial charge in [-0.15, -0.1) is 5.10 Å². The normalized spacial score (nSPS) is 15.3. The lowest BCUT2D eigenvalue weighted by Gasteiger charge is -2.33. The Morgan fingerprint density at radius 1 is 1.03 bits per heavy atom. The van der Waals surface area contributed by atoms with Crippen molar-refractivity contribution in [1.82, 2.24) is 29.9 Å². The van der Waals surface area contributed by atoms with Crippen LogP contribution in [0.1, 0.15) is 18.4 Å². The van der Waals surface area contributed by atoms with Crippen molar-refractivity contribution in [2.24, 2.45) is 7.05 Å². The van der Waals surface area contributed by atoms with Crippen molar-refractivity contribution in [3.05, 3.63) is 60.4 Å². The number of hydrogen-bond acceptors (Lipinski definition) is 8. The van der Waals surface area contributed by atoms with Gasteiger partial charge in [0.05, 0.1) is 17.6 Å². The minimum Gasteiger partial charge on any atom is -0.457 e. The van der Waals surface area contributed by atoms with E-state index in [0.717, 1.165) is 22.3 Å². The summed E-state index contributed by atoms with van der Waals surface area (Å²) in [6.45, 7) is 2.15. The first-order valence-electron chi connectivity index (χ1n) is 11.9. The number of alkyl halides is 2. The van der Waals surface area contributed by atoms with Crippen LogP contribution in [0.4, 0.5) is 26.1 Å². The van der Waals surface area contributed by atoms with Crippen molar-refractivity contribution in [2.45, 2.75) is 25.7 Å². The molecule has 1 fully saturated rings. The molecule has 0 amide bonds. The van der Waals surface area contributed by atoms with E-state index in [4.69, 9.17) is 4.74 Å². The maximum Gasteiger partial charge on any atom is 0.265 e. The average Bonchev–Trinajstić information content (AvgIpc) is 3.25. The Labute approximate surface area is 211 Å². The predicted octanol–water partition coefficient (Wildman–Crippen LogP) is 5.39. The van der Waals surface area contributed by atoms with E-state index in [0.29, 0.717) is 47.1 Å². The minimum absolute atomic E-state index is 0.0962. The number of nitrogens with zero attached hydrogens (tertiary/aromatic N) is 7. The van der Waals surface area contributed by atoms with Crippen molar-refractivity contribution in [2.75, 3.05) is 23.3 Å². The topological polar surface area (TPSA) is 93.9 Å². The first-order chi connectivity index (χ1) is 17.8. The molecule has 9 nitrogen and oxygen atoms in total. The van der Waals surface area contributed by atoms with Crippen LogP contribution >= 0.6 is 0 Å². The lowest BCUT2D eigenvalue weighted by molar-refractivity contribution is -0.0118. The molecule has 0 aliphatic carbocycles. The van der Waals surface area contributed by atoms with Gasteiger partial charge in [0.25, 0.3) is 5.92 Å². The fourth-order valence-corrected chi connectivity index (χ4v) is 4.55. The van der Waals surface area contributed by atoms with Gasteiger partial charge in [-0.2, -0.15) is 0 Å². The minimum atomic E-state index is -2.72. The molecule has 11 heteroatoms. The maximum atomic E-state index is 14.0. The van der Waals surface area contributed by atoms with E-state index in [2.05, 4.69) is 30.6 Å². The Balaban J connectivity index is 1.25. The molecule has 3 aromatic heterocycles. The van der Waals surface area contributed by atoms with E-state index in [1.54, 1.807) is 21.7 Å². The van der Waals surface area contributed by atoms with Crippen LogP contribution in [0.25, 0.3) is 22.1 Å². The number of benzene rings is 2. The molecule has 0 bridgehead atoms. The monoisotopic (exact) mass is 502 g/mol. The van der Waals surface area contributed by atoms with Crippen LogP contribution in [0.5, 0.6) is 11.5 Å². The van der Waals surface area contributed by atoms with Gasteiger partial charge in [0.1, 0.15) is 34.7 Å². The highest BCUT2D eigenvalue weighted by Crippen LogP contribution is 2.33. The summed E-state index contributed by atoms with van der Waals surface area (Å²) in [7, 11) is 1.84. The van der Waals surface area contributed by atoms with Crippen molar-refractivity contribution in [3.8, 4) is 11.5 Å². The van der Waals surface area contributed by atoms with Crippen LogP contribution in [0.15, 0.2) is 54.9 Å². The summed E-state index contributed by atoms with van der Waals surface area (Å²) in [6.07, 6.45) is 1.78. The summed E-state index contributed by atoms with van der Waals surface area (Å²) in [4.78, 5) is 14.9. The number of rotatable bonds is 5. The van der Waals surface area contributed by atoms with Gasteiger partial charge in [-0.1, -0.05) is 5.21 Å². The molecule has 1 N–H and O–H groups in total. The average molecular weight is 503 g/mol. The zero-order valence-corrected chi connectivity index (χ0v) is 20.3. The fourth-order valence-electron chi connectivity index (χ4n) is 4.55. The van der Waals surface area contributed by atoms with Gasteiger partial charge in [-0.25, -0.2) is 28.4 Å².